The Bertz CT molecular complexity index is 1720. The van der Waals surface area contributed by atoms with Crippen LogP contribution in [0.25, 0.3) is 0 Å². The molecule has 3 aliphatic rings. The van der Waals surface area contributed by atoms with Crippen LogP contribution >= 0.6 is 0 Å². The van der Waals surface area contributed by atoms with Gasteiger partial charge in [-0.3, -0.25) is 28.7 Å². The number of amides is 2. The molecule has 3 aliphatic heterocycles. The van der Waals surface area contributed by atoms with Gasteiger partial charge in [0.25, 0.3) is 0 Å². The van der Waals surface area contributed by atoms with Crippen molar-refractivity contribution in [1.29, 1.82) is 0 Å². The van der Waals surface area contributed by atoms with Crippen molar-refractivity contribution in [3.05, 3.63) is 11.9 Å². The van der Waals surface area contributed by atoms with Crippen LogP contribution in [-0.4, -0.2) is 159 Å². The predicted octanol–water partition coefficient (Wildman–Crippen LogP) is 2.40. The lowest BCUT2D eigenvalue weighted by Gasteiger charge is -2.47. The summed E-state index contributed by atoms with van der Waals surface area (Å²) in [5.74, 6) is -6.79. The van der Waals surface area contributed by atoms with Crippen molar-refractivity contribution < 1.29 is 62.7 Å². The van der Waals surface area contributed by atoms with Gasteiger partial charge in [-0.1, -0.05) is 32.9 Å². The van der Waals surface area contributed by atoms with Gasteiger partial charge in [-0.15, -0.1) is 5.10 Å². The summed E-state index contributed by atoms with van der Waals surface area (Å²) in [5.41, 5.74) is -2.15. The lowest BCUT2D eigenvalue weighted by molar-refractivity contribution is -0.295. The quantitative estimate of drug-likeness (QED) is 0.170. The molecule has 0 aromatic carbocycles. The number of fused-ring (bicyclic) bond motifs is 1. The Kier molecular flexibility index (Phi) is 17.0. The zero-order valence-electron chi connectivity index (χ0n) is 37.6. The molecule has 3 N–H and O–H groups in total. The van der Waals surface area contributed by atoms with E-state index in [4.69, 9.17) is 28.8 Å². The molecule has 0 unspecified atom stereocenters. The Hall–Kier alpha value is -4.04. The molecule has 2 amide bonds. The lowest BCUT2D eigenvalue weighted by atomic mass is 9.73. The van der Waals surface area contributed by atoms with Crippen LogP contribution in [0, 0.1) is 23.7 Å². The minimum absolute atomic E-state index is 0.0837. The van der Waals surface area contributed by atoms with E-state index in [0.717, 1.165) is 0 Å². The van der Waals surface area contributed by atoms with Crippen LogP contribution < -0.4 is 5.32 Å². The maximum Gasteiger partial charge on any atom is 0.410 e. The van der Waals surface area contributed by atoms with Gasteiger partial charge in [-0.25, -0.2) is 4.79 Å². The van der Waals surface area contributed by atoms with Crippen LogP contribution in [0.3, 0.4) is 0 Å². The Morgan fingerprint density at radius 1 is 1.03 bits per heavy atom. The number of ketones is 2. The van der Waals surface area contributed by atoms with E-state index in [9.17, 15) is 33.9 Å². The zero-order chi connectivity index (χ0) is 45.6. The number of aliphatic carboxylic acids is 1. The molecule has 13 atom stereocenters. The molecule has 0 radical (unpaired) electrons. The number of Topliss-reactive ketones (excluding diaryl/α,β-unsaturated/α-hetero) is 2. The van der Waals surface area contributed by atoms with Gasteiger partial charge in [0.05, 0.1) is 29.5 Å². The minimum Gasteiger partial charge on any atom is -0.480 e. The number of aliphatic hydroxyl groups excluding tert-OH is 1. The van der Waals surface area contributed by atoms with Crippen molar-refractivity contribution in [2.24, 2.45) is 23.7 Å². The van der Waals surface area contributed by atoms with Crippen molar-refractivity contribution in [3.8, 4) is 0 Å². The van der Waals surface area contributed by atoms with E-state index in [1.165, 1.54) is 18.9 Å². The van der Waals surface area contributed by atoms with E-state index in [1.807, 2.05) is 25.9 Å². The summed E-state index contributed by atoms with van der Waals surface area (Å²) in [7, 11) is 5.17. The van der Waals surface area contributed by atoms with Gasteiger partial charge in [0, 0.05) is 56.6 Å². The largest absolute Gasteiger partial charge is 0.480 e. The van der Waals surface area contributed by atoms with Gasteiger partial charge in [0.2, 0.25) is 5.91 Å². The van der Waals surface area contributed by atoms with Crippen molar-refractivity contribution >= 4 is 35.5 Å². The van der Waals surface area contributed by atoms with Crippen LogP contribution in [0.2, 0.25) is 0 Å². The first-order valence-electron chi connectivity index (χ1n) is 21.4. The van der Waals surface area contributed by atoms with Gasteiger partial charge in [-0.2, -0.15) is 0 Å². The highest BCUT2D eigenvalue weighted by atomic mass is 16.7. The molecular formula is C42H68N6O13. The smallest absolute Gasteiger partial charge is 0.410 e. The first-order chi connectivity index (χ1) is 28.6. The molecule has 3 saturated heterocycles. The first kappa shape index (κ1) is 49.6. The molecule has 0 bridgehead atoms. The molecule has 0 spiro atoms. The van der Waals surface area contributed by atoms with E-state index in [0.29, 0.717) is 37.9 Å². The normalized spacial score (nSPS) is 35.4. The third-order valence-corrected chi connectivity index (χ3v) is 12.8. The molecule has 19 nitrogen and oxygen atoms in total. The van der Waals surface area contributed by atoms with Crippen molar-refractivity contribution in [2.75, 3.05) is 34.3 Å². The van der Waals surface area contributed by atoms with E-state index >= 15 is 0 Å². The lowest BCUT2D eigenvalue weighted by Crippen LogP contribution is -2.60. The SMILES string of the molecule is CC[C@H]1OC(=O)[C@H](C)C(=O)[C@H](C)[C@@H](O[C@@H]2O[C@H](C)C[C@H](N(C)C)[C@H]2O)[C@](C)(OC)C[C@@H](C)C(=O)[C@H](C)[C@H]2N(CCCn3cc(CCCC(=O)NCC(=O)O)nn3)C(=O)O[C@]12C. The summed E-state index contributed by atoms with van der Waals surface area (Å²) < 4.78 is 32.7. The van der Waals surface area contributed by atoms with Crippen LogP contribution in [0.1, 0.15) is 99.6 Å². The predicted molar refractivity (Wildman–Crippen MR) is 218 cm³/mol. The van der Waals surface area contributed by atoms with Crippen molar-refractivity contribution in [3.63, 3.8) is 0 Å². The third kappa shape index (κ3) is 11.5. The molecule has 3 fully saturated rings. The Morgan fingerprint density at radius 2 is 1.72 bits per heavy atom. The van der Waals surface area contributed by atoms with Crippen molar-refractivity contribution in [2.45, 2.75) is 161 Å². The van der Waals surface area contributed by atoms with Gasteiger partial charge in [-0.05, 0) is 80.3 Å². The number of methoxy groups -OCH3 is 1. The second kappa shape index (κ2) is 20.9. The number of hydrogen-bond donors (Lipinski definition) is 3. The highest BCUT2D eigenvalue weighted by Crippen LogP contribution is 2.43. The number of aliphatic hydroxyl groups is 1. The van der Waals surface area contributed by atoms with E-state index in [-0.39, 0.29) is 49.6 Å². The van der Waals surface area contributed by atoms with Crippen LogP contribution in [0.4, 0.5) is 4.79 Å². The summed E-state index contributed by atoms with van der Waals surface area (Å²) in [6, 6.07) is -1.18. The number of esters is 1. The standard InChI is InChI=1S/C42H68N6O13/c1-12-30-42(8)36(48(40(56)61-42)18-14-17-47-22-28(44-45-47)15-13-16-31(49)43-21-32(50)51)25(4)33(52)23(2)20-41(7,57-11)37(26(5)34(53)27(6)38(55)59-30)60-39-35(54)29(46(9)10)19-24(3)58-39/h22-27,29-30,35-37,39,54H,12-21H2,1-11H3,(H,43,49)(H,50,51)/t23-,24-,25+,26+,27-,29+,30-,35-,36-,37-,39+,41-,42-/m1/s1. The fourth-order valence-electron chi connectivity index (χ4n) is 9.37. The number of carboxylic acid groups (broad SMARTS) is 1. The molecule has 1 aromatic heterocycles. The number of hydrogen-bond acceptors (Lipinski definition) is 15. The fraction of sp³-hybridized carbons (Fsp3) is 0.810. The number of carbonyl (C=O) groups is 6. The number of likely N-dealkylation sites (N-methyl/N-ethyl adjacent to an activating group) is 1. The molecule has 0 saturated carbocycles. The Labute approximate surface area is 358 Å². The topological polar surface area (TPSA) is 238 Å². The van der Waals surface area contributed by atoms with Crippen LogP contribution in [0.5, 0.6) is 0 Å². The number of nitrogens with one attached hydrogen (secondary N) is 1. The van der Waals surface area contributed by atoms with Gasteiger partial charge in [0.15, 0.2) is 17.7 Å². The molecule has 19 heteroatoms. The second-order valence-electron chi connectivity index (χ2n) is 17.7. The van der Waals surface area contributed by atoms with Crippen LogP contribution in [-0.2, 0) is 60.6 Å². The van der Waals surface area contributed by atoms with Gasteiger partial charge < -0.3 is 49.0 Å². The zero-order valence-corrected chi connectivity index (χ0v) is 37.6. The minimum atomic E-state index is -1.48. The maximum atomic E-state index is 14.7. The number of aromatic nitrogens is 3. The number of nitrogens with zero attached hydrogens (tertiary/aromatic N) is 5. The average molecular weight is 865 g/mol. The molecule has 4 heterocycles. The molecule has 4 rings (SSSR count). The summed E-state index contributed by atoms with van der Waals surface area (Å²) in [5, 5.41) is 30.9. The first-order valence-corrected chi connectivity index (χ1v) is 21.4. The van der Waals surface area contributed by atoms with Crippen LogP contribution in [0.15, 0.2) is 6.20 Å². The molecular weight excluding hydrogens is 796 g/mol. The number of ether oxygens (including phenoxy) is 5. The number of rotatable bonds is 15. The van der Waals surface area contributed by atoms with Crippen molar-refractivity contribution in [1.82, 2.24) is 30.1 Å². The van der Waals surface area contributed by atoms with E-state index in [2.05, 4.69) is 15.6 Å². The summed E-state index contributed by atoms with van der Waals surface area (Å²) >= 11 is 0. The Morgan fingerprint density at radius 3 is 2.34 bits per heavy atom. The summed E-state index contributed by atoms with van der Waals surface area (Å²) in [4.78, 5) is 82.8. The fourth-order valence-corrected chi connectivity index (χ4v) is 9.37. The molecule has 61 heavy (non-hydrogen) atoms. The highest BCUT2D eigenvalue weighted by Gasteiger charge is 2.60. The average Bonchev–Trinajstić information content (AvgIpc) is 3.77. The van der Waals surface area contributed by atoms with Gasteiger partial charge in [0.1, 0.15) is 30.5 Å². The van der Waals surface area contributed by atoms with E-state index in [1.54, 1.807) is 52.4 Å². The Balaban J connectivity index is 1.61. The van der Waals surface area contributed by atoms with Gasteiger partial charge >= 0.3 is 18.0 Å². The third-order valence-electron chi connectivity index (χ3n) is 12.8. The number of carboxylic acids is 1. The second-order valence-corrected chi connectivity index (χ2v) is 17.7. The van der Waals surface area contributed by atoms with E-state index < -0.39 is 95.9 Å². The number of carbonyl (C=O) groups excluding carboxylic acids is 5. The molecule has 344 valence electrons. The number of aryl methyl sites for hydroxylation is 2. The summed E-state index contributed by atoms with van der Waals surface area (Å²) in [6.07, 6.45) is -1.31. The molecule has 1 aromatic rings. The maximum absolute atomic E-state index is 14.7. The highest BCUT2D eigenvalue weighted by molar-refractivity contribution is 6.00. The monoisotopic (exact) mass is 864 g/mol. The summed E-state index contributed by atoms with van der Waals surface area (Å²) in [6.45, 7) is 13.7. The number of cyclic esters (lactones) is 1. The molecule has 0 aliphatic carbocycles.